The molecule has 0 radical (unpaired) electrons. The SMILES string of the molecule is Cl.NCCC(=O)NCC1CCCCN1Cc1cc(Br)c2c(c1)OCO2. The van der Waals surface area contributed by atoms with Gasteiger partial charge in [0.15, 0.2) is 11.5 Å². The van der Waals surface area contributed by atoms with Crippen LogP contribution in [0.3, 0.4) is 0 Å². The van der Waals surface area contributed by atoms with Gasteiger partial charge in [0.25, 0.3) is 0 Å². The molecule has 2 aliphatic heterocycles. The molecule has 0 spiro atoms. The molecule has 1 aromatic carbocycles. The Morgan fingerprint density at radius 2 is 2.20 bits per heavy atom. The maximum absolute atomic E-state index is 11.7. The molecule has 0 aromatic heterocycles. The van der Waals surface area contributed by atoms with E-state index in [2.05, 4.69) is 32.2 Å². The van der Waals surface area contributed by atoms with Crippen LogP contribution in [0.15, 0.2) is 16.6 Å². The number of benzene rings is 1. The predicted octanol–water partition coefficient (Wildman–Crippen LogP) is 2.42. The average molecular weight is 435 g/mol. The fourth-order valence-corrected chi connectivity index (χ4v) is 3.90. The van der Waals surface area contributed by atoms with Crippen molar-refractivity contribution in [1.29, 1.82) is 0 Å². The summed E-state index contributed by atoms with van der Waals surface area (Å²) in [7, 11) is 0. The zero-order valence-corrected chi connectivity index (χ0v) is 16.5. The number of likely N-dealkylation sites (tertiary alicyclic amines) is 1. The molecule has 2 aliphatic rings. The molecule has 3 N–H and O–H groups in total. The van der Waals surface area contributed by atoms with Crippen LogP contribution in [0.2, 0.25) is 0 Å². The highest BCUT2D eigenvalue weighted by Gasteiger charge is 2.24. The molecule has 0 bridgehead atoms. The monoisotopic (exact) mass is 433 g/mol. The predicted molar refractivity (Wildman–Crippen MR) is 102 cm³/mol. The first kappa shape index (κ1) is 20.3. The Morgan fingerprint density at radius 1 is 1.36 bits per heavy atom. The summed E-state index contributed by atoms with van der Waals surface area (Å²) >= 11 is 3.55. The highest BCUT2D eigenvalue weighted by atomic mass is 79.9. The van der Waals surface area contributed by atoms with Gasteiger partial charge in [-0.2, -0.15) is 0 Å². The average Bonchev–Trinajstić information content (AvgIpc) is 3.03. The van der Waals surface area contributed by atoms with Crippen LogP contribution in [-0.2, 0) is 11.3 Å². The van der Waals surface area contributed by atoms with Gasteiger partial charge in [-0.1, -0.05) is 6.42 Å². The quantitative estimate of drug-likeness (QED) is 0.719. The van der Waals surface area contributed by atoms with E-state index in [4.69, 9.17) is 15.2 Å². The van der Waals surface area contributed by atoms with Crippen LogP contribution in [0, 0.1) is 0 Å². The first-order valence-electron chi connectivity index (χ1n) is 8.46. The molecule has 6 nitrogen and oxygen atoms in total. The molecule has 2 heterocycles. The van der Waals surface area contributed by atoms with Crippen LogP contribution in [0.1, 0.15) is 31.2 Å². The third-order valence-corrected chi connectivity index (χ3v) is 5.12. The number of carbonyl (C=O) groups is 1. The first-order valence-corrected chi connectivity index (χ1v) is 9.25. The number of hydrogen-bond donors (Lipinski definition) is 2. The molecule has 1 amide bonds. The minimum atomic E-state index is 0. The van der Waals surface area contributed by atoms with Gasteiger partial charge in [0.05, 0.1) is 4.47 Å². The molecule has 1 atom stereocenters. The molecular weight excluding hydrogens is 410 g/mol. The maximum atomic E-state index is 11.7. The number of fused-ring (bicyclic) bond motifs is 1. The lowest BCUT2D eigenvalue weighted by Crippen LogP contribution is -2.46. The van der Waals surface area contributed by atoms with Gasteiger partial charge in [0.1, 0.15) is 0 Å². The summed E-state index contributed by atoms with van der Waals surface area (Å²) in [6.07, 6.45) is 3.90. The number of nitrogens with zero attached hydrogens (tertiary/aromatic N) is 1. The second kappa shape index (κ2) is 9.62. The van der Waals surface area contributed by atoms with Crippen molar-refractivity contribution in [3.8, 4) is 11.5 Å². The number of amides is 1. The maximum Gasteiger partial charge on any atom is 0.231 e. The van der Waals surface area contributed by atoms with Crippen LogP contribution >= 0.6 is 28.3 Å². The van der Waals surface area contributed by atoms with Gasteiger partial charge in [-0.25, -0.2) is 0 Å². The lowest BCUT2D eigenvalue weighted by atomic mass is 10.0. The van der Waals surface area contributed by atoms with E-state index in [1.165, 1.54) is 18.4 Å². The standard InChI is InChI=1S/C17H24BrN3O3.ClH/c18-14-7-12(8-15-17(14)24-11-23-15)10-21-6-2-1-3-13(21)9-20-16(22)4-5-19;/h7-8,13H,1-6,9-11,19H2,(H,20,22);1H. The fraction of sp³-hybridized carbons (Fsp3) is 0.588. The van der Waals surface area contributed by atoms with Crippen molar-refractivity contribution in [2.75, 3.05) is 26.4 Å². The number of nitrogens with two attached hydrogens (primary N) is 1. The molecule has 0 saturated carbocycles. The Kier molecular flexibility index (Phi) is 7.81. The summed E-state index contributed by atoms with van der Waals surface area (Å²) in [5.74, 6) is 1.61. The van der Waals surface area contributed by atoms with Gasteiger partial charge in [0.2, 0.25) is 12.7 Å². The Hall–Kier alpha value is -1.02. The largest absolute Gasteiger partial charge is 0.454 e. The molecule has 8 heteroatoms. The molecule has 1 aromatic rings. The van der Waals surface area contributed by atoms with Crippen molar-refractivity contribution in [1.82, 2.24) is 10.2 Å². The van der Waals surface area contributed by atoms with Gasteiger partial charge in [-0.3, -0.25) is 9.69 Å². The van der Waals surface area contributed by atoms with Crippen molar-refractivity contribution in [3.63, 3.8) is 0 Å². The zero-order valence-electron chi connectivity index (χ0n) is 14.1. The number of ether oxygens (including phenoxy) is 2. The molecule has 3 rings (SSSR count). The van der Waals surface area contributed by atoms with Crippen molar-refractivity contribution in [2.24, 2.45) is 5.73 Å². The molecule has 0 aliphatic carbocycles. The molecule has 140 valence electrons. The first-order chi connectivity index (χ1) is 11.7. The topological polar surface area (TPSA) is 76.8 Å². The van der Waals surface area contributed by atoms with E-state index in [0.717, 1.165) is 35.5 Å². The molecule has 1 fully saturated rings. The summed E-state index contributed by atoms with van der Waals surface area (Å²) in [5.41, 5.74) is 6.62. The van der Waals surface area contributed by atoms with E-state index in [1.54, 1.807) is 0 Å². The number of rotatable bonds is 6. The third kappa shape index (κ3) is 5.23. The number of nitrogens with one attached hydrogen (secondary N) is 1. The van der Waals surface area contributed by atoms with Crippen LogP contribution in [0.4, 0.5) is 0 Å². The number of halogens is 2. The summed E-state index contributed by atoms with van der Waals surface area (Å²) in [6.45, 7) is 3.24. The van der Waals surface area contributed by atoms with E-state index in [-0.39, 0.29) is 25.1 Å². The second-order valence-corrected chi connectivity index (χ2v) is 7.13. The lowest BCUT2D eigenvalue weighted by molar-refractivity contribution is -0.121. The second-order valence-electron chi connectivity index (χ2n) is 6.27. The van der Waals surface area contributed by atoms with E-state index >= 15 is 0 Å². The summed E-state index contributed by atoms with van der Waals surface area (Å²) in [4.78, 5) is 14.1. The Bertz CT molecular complexity index is 603. The smallest absolute Gasteiger partial charge is 0.231 e. The number of hydrogen-bond acceptors (Lipinski definition) is 5. The van der Waals surface area contributed by atoms with Gasteiger partial charge in [0, 0.05) is 32.1 Å². The van der Waals surface area contributed by atoms with Crippen LogP contribution < -0.4 is 20.5 Å². The number of carbonyl (C=O) groups excluding carboxylic acids is 1. The summed E-state index contributed by atoms with van der Waals surface area (Å²) in [5, 5.41) is 3.01. The van der Waals surface area contributed by atoms with Crippen molar-refractivity contribution in [3.05, 3.63) is 22.2 Å². The number of piperidine rings is 1. The van der Waals surface area contributed by atoms with Crippen molar-refractivity contribution in [2.45, 2.75) is 38.3 Å². The van der Waals surface area contributed by atoms with Gasteiger partial charge < -0.3 is 20.5 Å². The molecule has 1 unspecified atom stereocenters. The van der Waals surface area contributed by atoms with E-state index in [9.17, 15) is 4.79 Å². The van der Waals surface area contributed by atoms with Gasteiger partial charge >= 0.3 is 0 Å². The highest BCUT2D eigenvalue weighted by molar-refractivity contribution is 9.10. The van der Waals surface area contributed by atoms with E-state index < -0.39 is 0 Å². The van der Waals surface area contributed by atoms with Crippen molar-refractivity contribution >= 4 is 34.2 Å². The molecule has 25 heavy (non-hydrogen) atoms. The minimum absolute atomic E-state index is 0. The van der Waals surface area contributed by atoms with Crippen LogP contribution in [0.25, 0.3) is 0 Å². The normalized spacial score (nSPS) is 19.4. The lowest BCUT2D eigenvalue weighted by Gasteiger charge is -2.36. The van der Waals surface area contributed by atoms with E-state index in [0.29, 0.717) is 25.6 Å². The van der Waals surface area contributed by atoms with Crippen molar-refractivity contribution < 1.29 is 14.3 Å². The van der Waals surface area contributed by atoms with Gasteiger partial charge in [-0.05, 0) is 53.0 Å². The Labute approximate surface area is 162 Å². The van der Waals surface area contributed by atoms with Crippen LogP contribution in [0.5, 0.6) is 11.5 Å². The summed E-state index contributed by atoms with van der Waals surface area (Å²) < 4.78 is 11.9. The molecular formula is C17H25BrClN3O3. The minimum Gasteiger partial charge on any atom is -0.454 e. The van der Waals surface area contributed by atoms with Crippen LogP contribution in [-0.4, -0.2) is 43.3 Å². The Balaban J connectivity index is 0.00000225. The highest BCUT2D eigenvalue weighted by Crippen LogP contribution is 2.40. The third-order valence-electron chi connectivity index (χ3n) is 4.53. The summed E-state index contributed by atoms with van der Waals surface area (Å²) in [6, 6.07) is 4.50. The zero-order chi connectivity index (χ0) is 16.9. The molecule has 1 saturated heterocycles. The fourth-order valence-electron chi connectivity index (χ4n) is 3.30. The van der Waals surface area contributed by atoms with Gasteiger partial charge in [-0.15, -0.1) is 12.4 Å². The van der Waals surface area contributed by atoms with E-state index in [1.807, 2.05) is 6.07 Å². The Morgan fingerprint density at radius 3 is 3.00 bits per heavy atom.